The molecule has 0 atom stereocenters. The maximum atomic E-state index is 12.9. The van der Waals surface area contributed by atoms with Crippen LogP contribution in [-0.2, 0) is 19.6 Å². The number of anilines is 2. The molecule has 3 N–H and O–H groups in total. The Morgan fingerprint density at radius 3 is 2.29 bits per heavy atom. The standard InChI is InChI=1S/C22H29N3O5S/c1-16-8-9-19(24-22(27)7-5-4-6-14-23-17(2)26)15-21(16)31(28,29)25-18-10-12-20(30-3)13-11-18/h8-13,15,25H,4-7,14H2,1-3H3,(H,23,26)(H,24,27). The summed E-state index contributed by atoms with van der Waals surface area (Å²) >= 11 is 0. The van der Waals surface area contributed by atoms with Crippen LogP contribution in [0.25, 0.3) is 0 Å². The van der Waals surface area contributed by atoms with Crippen molar-refractivity contribution in [3.05, 3.63) is 48.0 Å². The van der Waals surface area contributed by atoms with Gasteiger partial charge in [0.15, 0.2) is 0 Å². The molecule has 0 unspecified atom stereocenters. The van der Waals surface area contributed by atoms with Crippen LogP contribution in [0.5, 0.6) is 5.75 Å². The molecular formula is C22H29N3O5S. The summed E-state index contributed by atoms with van der Waals surface area (Å²) in [5.74, 6) is 0.373. The zero-order chi connectivity index (χ0) is 22.9. The monoisotopic (exact) mass is 447 g/mol. The number of carbonyl (C=O) groups is 2. The van der Waals surface area contributed by atoms with Crippen LogP contribution in [-0.4, -0.2) is 33.9 Å². The summed E-state index contributed by atoms with van der Waals surface area (Å²) in [4.78, 5) is 23.1. The minimum atomic E-state index is -3.83. The number of amides is 2. The van der Waals surface area contributed by atoms with Gasteiger partial charge in [0.1, 0.15) is 5.75 Å². The minimum absolute atomic E-state index is 0.0654. The first-order chi connectivity index (χ1) is 14.7. The van der Waals surface area contributed by atoms with Gasteiger partial charge in [0.05, 0.1) is 12.0 Å². The van der Waals surface area contributed by atoms with Crippen molar-refractivity contribution in [2.75, 3.05) is 23.7 Å². The van der Waals surface area contributed by atoms with E-state index >= 15 is 0 Å². The summed E-state index contributed by atoms with van der Waals surface area (Å²) in [6, 6.07) is 11.3. The van der Waals surface area contributed by atoms with Crippen LogP contribution >= 0.6 is 0 Å². The van der Waals surface area contributed by atoms with E-state index in [-0.39, 0.29) is 16.7 Å². The van der Waals surface area contributed by atoms with E-state index in [0.717, 1.165) is 12.8 Å². The van der Waals surface area contributed by atoms with Crippen molar-refractivity contribution in [1.29, 1.82) is 0 Å². The Kier molecular flexibility index (Phi) is 8.87. The first-order valence-corrected chi connectivity index (χ1v) is 11.5. The predicted octanol–water partition coefficient (Wildman–Crippen LogP) is 3.44. The first kappa shape index (κ1) is 24.2. The number of benzene rings is 2. The van der Waals surface area contributed by atoms with Gasteiger partial charge in [-0.15, -0.1) is 0 Å². The van der Waals surface area contributed by atoms with Crippen molar-refractivity contribution in [1.82, 2.24) is 5.32 Å². The zero-order valence-electron chi connectivity index (χ0n) is 18.0. The number of hydrogen-bond donors (Lipinski definition) is 3. The van der Waals surface area contributed by atoms with Gasteiger partial charge in [-0.2, -0.15) is 0 Å². The summed E-state index contributed by atoms with van der Waals surface area (Å²) in [6.45, 7) is 3.76. The molecule has 0 saturated heterocycles. The molecule has 2 amide bonds. The van der Waals surface area contributed by atoms with Crippen molar-refractivity contribution in [2.24, 2.45) is 0 Å². The van der Waals surface area contributed by atoms with Crippen LogP contribution in [0.15, 0.2) is 47.4 Å². The lowest BCUT2D eigenvalue weighted by Gasteiger charge is -2.13. The number of unbranched alkanes of at least 4 members (excludes halogenated alkanes) is 2. The SMILES string of the molecule is COc1ccc(NS(=O)(=O)c2cc(NC(=O)CCCCCNC(C)=O)ccc2C)cc1. The molecule has 0 bridgehead atoms. The number of sulfonamides is 1. The van der Waals surface area contributed by atoms with E-state index in [1.807, 2.05) is 0 Å². The molecule has 0 heterocycles. The quantitative estimate of drug-likeness (QED) is 0.457. The maximum Gasteiger partial charge on any atom is 0.262 e. The molecule has 0 aliphatic carbocycles. The van der Waals surface area contributed by atoms with Crippen LogP contribution < -0.4 is 20.1 Å². The second kappa shape index (κ2) is 11.4. The van der Waals surface area contributed by atoms with E-state index < -0.39 is 10.0 Å². The molecule has 0 aliphatic rings. The highest BCUT2D eigenvalue weighted by molar-refractivity contribution is 7.92. The van der Waals surface area contributed by atoms with Gasteiger partial charge in [0.2, 0.25) is 11.8 Å². The zero-order valence-corrected chi connectivity index (χ0v) is 18.8. The van der Waals surface area contributed by atoms with E-state index in [0.29, 0.717) is 42.1 Å². The van der Waals surface area contributed by atoms with Crippen LogP contribution in [0, 0.1) is 6.92 Å². The Morgan fingerprint density at radius 1 is 0.968 bits per heavy atom. The summed E-state index contributed by atoms with van der Waals surface area (Å²) < 4.78 is 33.3. The number of methoxy groups -OCH3 is 1. The summed E-state index contributed by atoms with van der Waals surface area (Å²) in [5, 5.41) is 5.47. The molecule has 0 radical (unpaired) electrons. The van der Waals surface area contributed by atoms with Crippen LogP contribution in [0.2, 0.25) is 0 Å². The molecule has 31 heavy (non-hydrogen) atoms. The van der Waals surface area contributed by atoms with Crippen LogP contribution in [0.3, 0.4) is 0 Å². The van der Waals surface area contributed by atoms with Crippen molar-refractivity contribution in [3.63, 3.8) is 0 Å². The highest BCUT2D eigenvalue weighted by atomic mass is 32.2. The van der Waals surface area contributed by atoms with Crippen molar-refractivity contribution in [3.8, 4) is 5.75 Å². The van der Waals surface area contributed by atoms with Gasteiger partial charge in [0.25, 0.3) is 10.0 Å². The fourth-order valence-corrected chi connectivity index (χ4v) is 4.24. The Hall–Kier alpha value is -3.07. The number of carbonyl (C=O) groups excluding carboxylic acids is 2. The van der Waals surface area contributed by atoms with Crippen molar-refractivity contribution >= 4 is 33.2 Å². The lowest BCUT2D eigenvalue weighted by molar-refractivity contribution is -0.119. The van der Waals surface area contributed by atoms with Crippen molar-refractivity contribution in [2.45, 2.75) is 44.4 Å². The van der Waals surface area contributed by atoms with Crippen LogP contribution in [0.1, 0.15) is 38.2 Å². The third kappa shape index (κ3) is 7.93. The molecular weight excluding hydrogens is 418 g/mol. The molecule has 8 nitrogen and oxygen atoms in total. The number of hydrogen-bond acceptors (Lipinski definition) is 5. The molecule has 0 aliphatic heterocycles. The largest absolute Gasteiger partial charge is 0.497 e. The molecule has 2 rings (SSSR count). The van der Waals surface area contributed by atoms with Gasteiger partial charge in [-0.3, -0.25) is 14.3 Å². The van der Waals surface area contributed by atoms with Gasteiger partial charge in [-0.1, -0.05) is 12.5 Å². The van der Waals surface area contributed by atoms with E-state index in [1.165, 1.54) is 20.1 Å². The van der Waals surface area contributed by atoms with E-state index in [4.69, 9.17) is 4.74 Å². The Labute approximate surface area is 183 Å². The van der Waals surface area contributed by atoms with Gasteiger partial charge in [-0.05, 0) is 61.7 Å². The first-order valence-electron chi connectivity index (χ1n) is 10.0. The number of rotatable bonds is 11. The Bertz CT molecular complexity index is 1000. The van der Waals surface area contributed by atoms with Crippen LogP contribution in [0.4, 0.5) is 11.4 Å². The van der Waals surface area contributed by atoms with E-state index in [9.17, 15) is 18.0 Å². The normalized spacial score (nSPS) is 10.9. The topological polar surface area (TPSA) is 114 Å². The summed E-state index contributed by atoms with van der Waals surface area (Å²) in [7, 11) is -2.30. The molecule has 0 fully saturated rings. The van der Waals surface area contributed by atoms with E-state index in [2.05, 4.69) is 15.4 Å². The summed E-state index contributed by atoms with van der Waals surface area (Å²) in [5.41, 5.74) is 1.40. The Morgan fingerprint density at radius 2 is 1.65 bits per heavy atom. The average Bonchev–Trinajstić information content (AvgIpc) is 2.72. The smallest absolute Gasteiger partial charge is 0.262 e. The molecule has 9 heteroatoms. The van der Waals surface area contributed by atoms with Gasteiger partial charge >= 0.3 is 0 Å². The fraction of sp³-hybridized carbons (Fsp3) is 0.364. The molecule has 2 aromatic carbocycles. The van der Waals surface area contributed by atoms with Gasteiger partial charge in [-0.25, -0.2) is 8.42 Å². The molecule has 2 aromatic rings. The number of ether oxygens (including phenoxy) is 1. The average molecular weight is 448 g/mol. The third-order valence-electron chi connectivity index (χ3n) is 4.56. The Balaban J connectivity index is 1.97. The minimum Gasteiger partial charge on any atom is -0.497 e. The highest BCUT2D eigenvalue weighted by Gasteiger charge is 2.18. The lowest BCUT2D eigenvalue weighted by Crippen LogP contribution is -2.20. The maximum absolute atomic E-state index is 12.9. The second-order valence-electron chi connectivity index (χ2n) is 7.16. The molecule has 0 spiro atoms. The predicted molar refractivity (Wildman–Crippen MR) is 121 cm³/mol. The number of aryl methyl sites for hydroxylation is 1. The third-order valence-corrected chi connectivity index (χ3v) is 6.08. The highest BCUT2D eigenvalue weighted by Crippen LogP contribution is 2.24. The summed E-state index contributed by atoms with van der Waals surface area (Å²) in [6.07, 6.45) is 2.62. The molecule has 0 aromatic heterocycles. The molecule has 168 valence electrons. The second-order valence-corrected chi connectivity index (χ2v) is 8.81. The van der Waals surface area contributed by atoms with Gasteiger partial charge in [0, 0.05) is 31.3 Å². The number of nitrogens with one attached hydrogen (secondary N) is 3. The fourth-order valence-electron chi connectivity index (χ4n) is 2.91. The van der Waals surface area contributed by atoms with Gasteiger partial charge < -0.3 is 15.4 Å². The molecule has 0 saturated carbocycles. The lowest BCUT2D eigenvalue weighted by atomic mass is 10.1. The van der Waals surface area contributed by atoms with E-state index in [1.54, 1.807) is 43.3 Å². The van der Waals surface area contributed by atoms with Crippen molar-refractivity contribution < 1.29 is 22.7 Å².